The van der Waals surface area contributed by atoms with Gasteiger partial charge in [-0.05, 0) is 29.3 Å². The zero-order chi connectivity index (χ0) is 27.5. The summed E-state index contributed by atoms with van der Waals surface area (Å²) in [5.41, 5.74) is 5.57. The number of hydrogen-bond acceptors (Lipinski definition) is 6. The number of carbonyl (C=O) groups is 1. The molecule has 8 heteroatoms. The Morgan fingerprint density at radius 3 is 2.25 bits per heavy atom. The molecule has 40 heavy (non-hydrogen) atoms. The predicted octanol–water partition coefficient (Wildman–Crippen LogP) is 7.27. The summed E-state index contributed by atoms with van der Waals surface area (Å²) < 4.78 is 5.76. The highest BCUT2D eigenvalue weighted by Crippen LogP contribution is 2.38. The standard InChI is InChI=1S/C32H26N4O3S/c1-39-28-16-23(31-33-14-15-40-31)12-13-24(28)27-17-25-26(32(37)38)18-34-30(29(25)35-27)36(19-21-8-4-2-5-9-21)20-22-10-6-3-7-11-22/h2-18,35H,19-20H2,1H3,(H,37,38). The number of rotatable bonds is 9. The molecule has 0 bridgehead atoms. The molecular formula is C32H26N4O3S. The number of methoxy groups -OCH3 is 1. The maximum Gasteiger partial charge on any atom is 0.337 e. The predicted molar refractivity (Wildman–Crippen MR) is 159 cm³/mol. The molecule has 0 spiro atoms. The monoisotopic (exact) mass is 546 g/mol. The van der Waals surface area contributed by atoms with Gasteiger partial charge >= 0.3 is 5.97 Å². The van der Waals surface area contributed by atoms with Crippen LogP contribution in [0.15, 0.2) is 103 Å². The van der Waals surface area contributed by atoms with Crippen LogP contribution in [0.25, 0.3) is 32.7 Å². The lowest BCUT2D eigenvalue weighted by Crippen LogP contribution is -2.23. The number of nitrogens with zero attached hydrogens (tertiary/aromatic N) is 3. The van der Waals surface area contributed by atoms with Crippen molar-refractivity contribution in [2.75, 3.05) is 12.0 Å². The fourth-order valence-corrected chi connectivity index (χ4v) is 5.52. The molecule has 3 aromatic carbocycles. The second-order valence-electron chi connectivity index (χ2n) is 9.35. The van der Waals surface area contributed by atoms with Crippen molar-refractivity contribution in [1.82, 2.24) is 15.0 Å². The number of carboxylic acids is 1. The number of aromatic amines is 1. The smallest absolute Gasteiger partial charge is 0.337 e. The molecule has 0 unspecified atom stereocenters. The van der Waals surface area contributed by atoms with Crippen molar-refractivity contribution in [3.8, 4) is 27.6 Å². The summed E-state index contributed by atoms with van der Waals surface area (Å²) in [6, 6.07) is 28.2. The maximum absolute atomic E-state index is 12.2. The van der Waals surface area contributed by atoms with Gasteiger partial charge in [-0.15, -0.1) is 11.3 Å². The van der Waals surface area contributed by atoms with E-state index in [1.807, 2.05) is 66.0 Å². The lowest BCUT2D eigenvalue weighted by atomic mass is 10.1. The van der Waals surface area contributed by atoms with Gasteiger partial charge < -0.3 is 19.7 Å². The van der Waals surface area contributed by atoms with E-state index in [2.05, 4.69) is 39.1 Å². The first-order chi connectivity index (χ1) is 19.6. The molecule has 0 radical (unpaired) electrons. The number of H-pyrrole nitrogens is 1. The van der Waals surface area contributed by atoms with Gasteiger partial charge in [-0.3, -0.25) is 0 Å². The lowest BCUT2D eigenvalue weighted by molar-refractivity contribution is 0.0698. The molecular weight excluding hydrogens is 520 g/mol. The number of ether oxygens (including phenoxy) is 1. The van der Waals surface area contributed by atoms with Gasteiger partial charge in [0.05, 0.1) is 23.9 Å². The Morgan fingerprint density at radius 1 is 0.950 bits per heavy atom. The van der Waals surface area contributed by atoms with E-state index in [0.29, 0.717) is 35.6 Å². The molecule has 0 saturated heterocycles. The van der Waals surface area contributed by atoms with Gasteiger partial charge in [0.25, 0.3) is 0 Å². The van der Waals surface area contributed by atoms with Crippen LogP contribution in [0.2, 0.25) is 0 Å². The van der Waals surface area contributed by atoms with Crippen molar-refractivity contribution in [1.29, 1.82) is 0 Å². The number of nitrogens with one attached hydrogen (secondary N) is 1. The molecule has 0 aliphatic rings. The van der Waals surface area contributed by atoms with E-state index in [1.165, 1.54) is 6.20 Å². The molecule has 0 saturated carbocycles. The summed E-state index contributed by atoms with van der Waals surface area (Å²) >= 11 is 1.56. The van der Waals surface area contributed by atoms with Crippen molar-refractivity contribution in [3.05, 3.63) is 119 Å². The summed E-state index contributed by atoms with van der Waals surface area (Å²) in [6.45, 7) is 1.20. The summed E-state index contributed by atoms with van der Waals surface area (Å²) in [5.74, 6) is 0.312. The Bertz CT molecular complexity index is 1730. The Balaban J connectivity index is 1.49. The van der Waals surface area contributed by atoms with Crippen LogP contribution < -0.4 is 9.64 Å². The number of pyridine rings is 1. The fourth-order valence-electron chi connectivity index (χ4n) is 4.88. The number of anilines is 1. The maximum atomic E-state index is 12.2. The van der Waals surface area contributed by atoms with Crippen LogP contribution in [0, 0.1) is 0 Å². The first-order valence-corrected chi connectivity index (χ1v) is 13.6. The van der Waals surface area contributed by atoms with Crippen LogP contribution >= 0.6 is 11.3 Å². The number of aromatic carboxylic acids is 1. The Kier molecular flexibility index (Phi) is 6.99. The van der Waals surface area contributed by atoms with Crippen LogP contribution in [-0.4, -0.2) is 33.1 Å². The average Bonchev–Trinajstić information content (AvgIpc) is 3.68. The third-order valence-electron chi connectivity index (χ3n) is 6.78. The number of hydrogen-bond donors (Lipinski definition) is 2. The van der Waals surface area contributed by atoms with Crippen molar-refractivity contribution in [2.45, 2.75) is 13.1 Å². The van der Waals surface area contributed by atoms with Crippen LogP contribution in [0.4, 0.5) is 5.82 Å². The molecule has 0 fully saturated rings. The number of thiazole rings is 1. The molecule has 198 valence electrons. The topological polar surface area (TPSA) is 91.3 Å². The van der Waals surface area contributed by atoms with Crippen LogP contribution in [-0.2, 0) is 13.1 Å². The lowest BCUT2D eigenvalue weighted by Gasteiger charge is -2.25. The van der Waals surface area contributed by atoms with Gasteiger partial charge in [-0.25, -0.2) is 14.8 Å². The molecule has 3 heterocycles. The molecule has 0 atom stereocenters. The molecule has 6 aromatic rings. The quantitative estimate of drug-likeness (QED) is 0.198. The van der Waals surface area contributed by atoms with E-state index in [9.17, 15) is 9.90 Å². The van der Waals surface area contributed by atoms with Gasteiger partial charge in [0.1, 0.15) is 10.8 Å². The molecule has 2 N–H and O–H groups in total. The number of fused-ring (bicyclic) bond motifs is 1. The minimum atomic E-state index is -1.03. The first kappa shape index (κ1) is 25.3. The van der Waals surface area contributed by atoms with E-state index in [0.717, 1.165) is 33.0 Å². The SMILES string of the molecule is COc1cc(-c2nccs2)ccc1-c1cc2c(C(=O)O)cnc(N(Cc3ccccc3)Cc3ccccc3)c2[nH]1. The van der Waals surface area contributed by atoms with E-state index in [4.69, 9.17) is 9.72 Å². The molecule has 3 aromatic heterocycles. The number of aromatic nitrogens is 3. The van der Waals surface area contributed by atoms with Crippen LogP contribution in [0.3, 0.4) is 0 Å². The van der Waals surface area contributed by atoms with Crippen molar-refractivity contribution in [3.63, 3.8) is 0 Å². The zero-order valence-electron chi connectivity index (χ0n) is 21.7. The highest BCUT2D eigenvalue weighted by Gasteiger charge is 2.22. The van der Waals surface area contributed by atoms with Crippen LogP contribution in [0.5, 0.6) is 5.75 Å². The normalized spacial score (nSPS) is 11.0. The van der Waals surface area contributed by atoms with E-state index < -0.39 is 5.97 Å². The molecule has 0 aliphatic heterocycles. The molecule has 0 amide bonds. The summed E-state index contributed by atoms with van der Waals surface area (Å²) in [5, 5.41) is 13.4. The van der Waals surface area contributed by atoms with Crippen molar-refractivity contribution in [2.24, 2.45) is 0 Å². The summed E-state index contributed by atoms with van der Waals surface area (Å²) in [6.07, 6.45) is 3.22. The highest BCUT2D eigenvalue weighted by molar-refractivity contribution is 7.13. The number of carboxylic acid groups (broad SMARTS) is 1. The van der Waals surface area contributed by atoms with Crippen molar-refractivity contribution >= 4 is 34.0 Å². The Labute approximate surface area is 235 Å². The van der Waals surface area contributed by atoms with Gasteiger partial charge in [0.15, 0.2) is 5.82 Å². The Hall–Kier alpha value is -4.95. The Morgan fingerprint density at radius 2 is 1.65 bits per heavy atom. The third-order valence-corrected chi connectivity index (χ3v) is 7.60. The number of benzene rings is 3. The van der Waals surface area contributed by atoms with Crippen molar-refractivity contribution < 1.29 is 14.6 Å². The van der Waals surface area contributed by atoms with Gasteiger partial charge in [0, 0.05) is 47.4 Å². The summed E-state index contributed by atoms with van der Waals surface area (Å²) in [4.78, 5) is 27.0. The second kappa shape index (κ2) is 11.0. The van der Waals surface area contributed by atoms with E-state index in [1.54, 1.807) is 24.6 Å². The molecule has 7 nitrogen and oxygen atoms in total. The largest absolute Gasteiger partial charge is 0.496 e. The molecule has 6 rings (SSSR count). The minimum absolute atomic E-state index is 0.138. The van der Waals surface area contributed by atoms with Gasteiger partial charge in [0.2, 0.25) is 0 Å². The minimum Gasteiger partial charge on any atom is -0.496 e. The third kappa shape index (κ3) is 5.04. The van der Waals surface area contributed by atoms with Gasteiger partial charge in [-0.1, -0.05) is 66.7 Å². The van der Waals surface area contributed by atoms with E-state index in [-0.39, 0.29) is 5.56 Å². The fraction of sp³-hybridized carbons (Fsp3) is 0.0938. The van der Waals surface area contributed by atoms with E-state index >= 15 is 0 Å². The van der Waals surface area contributed by atoms with Crippen LogP contribution in [0.1, 0.15) is 21.5 Å². The zero-order valence-corrected chi connectivity index (χ0v) is 22.6. The van der Waals surface area contributed by atoms with Gasteiger partial charge in [-0.2, -0.15) is 0 Å². The molecule has 0 aliphatic carbocycles. The summed E-state index contributed by atoms with van der Waals surface area (Å²) in [7, 11) is 1.63. The first-order valence-electron chi connectivity index (χ1n) is 12.8. The average molecular weight is 547 g/mol. The highest BCUT2D eigenvalue weighted by atomic mass is 32.1. The second-order valence-corrected chi connectivity index (χ2v) is 10.2.